The number of carboxylic acid groups (broad SMARTS) is 1. The van der Waals surface area contributed by atoms with Crippen molar-refractivity contribution in [3.8, 4) is 16.9 Å². The van der Waals surface area contributed by atoms with Gasteiger partial charge in [0.15, 0.2) is 0 Å². The van der Waals surface area contributed by atoms with Gasteiger partial charge in [-0.15, -0.1) is 10.6 Å². The van der Waals surface area contributed by atoms with Gasteiger partial charge >= 0.3 is 5.97 Å². The van der Waals surface area contributed by atoms with Crippen molar-refractivity contribution in [3.63, 3.8) is 0 Å². The van der Waals surface area contributed by atoms with Crippen molar-refractivity contribution in [1.82, 2.24) is 21.0 Å². The Labute approximate surface area is 219 Å². The molecule has 4 N–H and O–H groups in total. The van der Waals surface area contributed by atoms with Crippen LogP contribution in [0.25, 0.3) is 17.2 Å². The second-order valence-corrected chi connectivity index (χ2v) is 8.59. The zero-order valence-electron chi connectivity index (χ0n) is 21.0. The molecule has 1 aromatic heterocycles. The fourth-order valence-corrected chi connectivity index (χ4v) is 4.20. The molecule has 3 aromatic rings. The van der Waals surface area contributed by atoms with Crippen LogP contribution in [0.5, 0.6) is 5.75 Å². The number of hydrogen-bond donors (Lipinski definition) is 4. The number of nitrogens with one attached hydrogen (secondary N) is 3. The van der Waals surface area contributed by atoms with Crippen LogP contribution in [0.15, 0.2) is 59.8 Å². The van der Waals surface area contributed by atoms with Crippen molar-refractivity contribution >= 4 is 41.0 Å². The van der Waals surface area contributed by atoms with Crippen LogP contribution in [0, 0.1) is 0 Å². The standard InChI is InChI=1S/C26H28N8O4/c1-17-30-31-32-34(17)21-13-20(14-22(15-21)37-2)28-26-27-16-23(25(29-26)33-8-10-38-11-9-33)19-5-3-4-18(12-19)6-7-24(35)36/h3-7,12-16,31-32H,8-11H2,1-2H3,(H,35,36)(H,27,28,29)/b7-6+. The number of methoxy groups -OCH3 is 1. The maximum Gasteiger partial charge on any atom is 0.328 e. The molecule has 0 amide bonds. The number of aliphatic carboxylic acids is 1. The number of carboxylic acids is 1. The number of carbonyl (C=O) groups is 1. The number of hydrogen-bond acceptors (Lipinski definition) is 11. The van der Waals surface area contributed by atoms with Gasteiger partial charge in [0.2, 0.25) is 5.95 Å². The van der Waals surface area contributed by atoms with Gasteiger partial charge in [-0.05, 0) is 36.3 Å². The molecule has 2 aromatic carbocycles. The van der Waals surface area contributed by atoms with Crippen LogP contribution in [0.3, 0.4) is 0 Å². The monoisotopic (exact) mass is 516 g/mol. The second kappa shape index (κ2) is 11.2. The van der Waals surface area contributed by atoms with Crippen LogP contribution in [0.4, 0.5) is 23.1 Å². The Morgan fingerprint density at radius 2 is 2.05 bits per heavy atom. The van der Waals surface area contributed by atoms with Crippen LogP contribution >= 0.6 is 0 Å². The highest BCUT2D eigenvalue weighted by Gasteiger charge is 2.20. The lowest BCUT2D eigenvalue weighted by Crippen LogP contribution is -2.40. The third-order valence-corrected chi connectivity index (χ3v) is 6.04. The van der Waals surface area contributed by atoms with E-state index in [2.05, 4.69) is 31.4 Å². The quantitative estimate of drug-likeness (QED) is 0.329. The molecule has 0 spiro atoms. The summed E-state index contributed by atoms with van der Waals surface area (Å²) >= 11 is 0. The summed E-state index contributed by atoms with van der Waals surface area (Å²) in [7, 11) is 1.61. The van der Waals surface area contributed by atoms with E-state index in [9.17, 15) is 4.79 Å². The lowest BCUT2D eigenvalue weighted by molar-refractivity contribution is -0.131. The fourth-order valence-electron chi connectivity index (χ4n) is 4.20. The fraction of sp³-hybridized carbons (Fsp3) is 0.231. The molecule has 0 aliphatic carbocycles. The van der Waals surface area contributed by atoms with E-state index in [-0.39, 0.29) is 0 Å². The molecule has 2 aliphatic heterocycles. The number of amidine groups is 1. The molecule has 0 atom stereocenters. The first kappa shape index (κ1) is 25.0. The van der Waals surface area contributed by atoms with E-state index in [1.807, 2.05) is 49.4 Å². The van der Waals surface area contributed by atoms with E-state index >= 15 is 0 Å². The van der Waals surface area contributed by atoms with Crippen LogP contribution < -0.4 is 31.0 Å². The first-order valence-electron chi connectivity index (χ1n) is 12.0. The summed E-state index contributed by atoms with van der Waals surface area (Å²) in [6, 6.07) is 13.3. The van der Waals surface area contributed by atoms with Crippen molar-refractivity contribution in [2.75, 3.05) is 48.6 Å². The maximum atomic E-state index is 11.0. The van der Waals surface area contributed by atoms with E-state index in [0.717, 1.165) is 45.8 Å². The topological polar surface area (TPSA) is 136 Å². The number of aromatic nitrogens is 2. The van der Waals surface area contributed by atoms with Gasteiger partial charge in [0.05, 0.1) is 26.0 Å². The Kier molecular flexibility index (Phi) is 7.33. The normalized spacial score (nSPS) is 15.4. The Balaban J connectivity index is 1.50. The van der Waals surface area contributed by atoms with E-state index in [0.29, 0.717) is 38.0 Å². The van der Waals surface area contributed by atoms with Crippen molar-refractivity contribution in [2.45, 2.75) is 6.92 Å². The molecule has 0 saturated carbocycles. The van der Waals surface area contributed by atoms with Gasteiger partial charge in [0.1, 0.15) is 17.4 Å². The molecule has 12 nitrogen and oxygen atoms in total. The minimum absolute atomic E-state index is 0.425. The average molecular weight is 517 g/mol. The van der Waals surface area contributed by atoms with Gasteiger partial charge in [-0.2, -0.15) is 4.98 Å². The predicted octanol–water partition coefficient (Wildman–Crippen LogP) is 2.99. The Hall–Kier alpha value is -4.68. The van der Waals surface area contributed by atoms with Crippen molar-refractivity contribution in [1.29, 1.82) is 0 Å². The summed E-state index contributed by atoms with van der Waals surface area (Å²) in [5.41, 5.74) is 9.76. The molecule has 3 heterocycles. The molecule has 38 heavy (non-hydrogen) atoms. The van der Waals surface area contributed by atoms with Gasteiger partial charge in [0.25, 0.3) is 0 Å². The SMILES string of the molecule is COc1cc(Nc2ncc(-c3cccc(/C=C/C(=O)O)c3)c(N3CCOCC3)n2)cc(N2NNN=C2C)c1. The molecule has 0 radical (unpaired) electrons. The number of nitrogens with zero attached hydrogens (tertiary/aromatic N) is 5. The first-order chi connectivity index (χ1) is 18.5. The lowest BCUT2D eigenvalue weighted by atomic mass is 10.0. The first-order valence-corrected chi connectivity index (χ1v) is 12.0. The smallest absolute Gasteiger partial charge is 0.328 e. The van der Waals surface area contributed by atoms with Gasteiger partial charge in [-0.25, -0.2) is 20.3 Å². The summed E-state index contributed by atoms with van der Waals surface area (Å²) in [4.78, 5) is 22.6. The highest BCUT2D eigenvalue weighted by molar-refractivity contribution is 5.96. The van der Waals surface area contributed by atoms with E-state index in [4.69, 9.17) is 19.6 Å². The Morgan fingerprint density at radius 1 is 1.21 bits per heavy atom. The van der Waals surface area contributed by atoms with Crippen molar-refractivity contribution < 1.29 is 19.4 Å². The number of ether oxygens (including phenoxy) is 2. The number of hydrazone groups is 1. The molecule has 2 aliphatic rings. The highest BCUT2D eigenvalue weighted by Crippen LogP contribution is 2.33. The third-order valence-electron chi connectivity index (χ3n) is 6.04. The van der Waals surface area contributed by atoms with Crippen LogP contribution in [0.2, 0.25) is 0 Å². The maximum absolute atomic E-state index is 11.0. The van der Waals surface area contributed by atoms with Crippen molar-refractivity contribution in [2.24, 2.45) is 5.10 Å². The molecule has 0 unspecified atom stereocenters. The zero-order valence-corrected chi connectivity index (χ0v) is 21.0. The third kappa shape index (κ3) is 5.66. The van der Waals surface area contributed by atoms with Gasteiger partial charge < -0.3 is 24.8 Å². The number of anilines is 4. The molecule has 196 valence electrons. The van der Waals surface area contributed by atoms with E-state index in [1.165, 1.54) is 0 Å². The molecular weight excluding hydrogens is 488 g/mol. The summed E-state index contributed by atoms with van der Waals surface area (Å²) in [6.07, 6.45) is 4.47. The van der Waals surface area contributed by atoms with Crippen LogP contribution in [-0.4, -0.2) is 60.3 Å². The number of rotatable bonds is 8. The summed E-state index contributed by atoms with van der Waals surface area (Å²) < 4.78 is 11.1. The zero-order chi connectivity index (χ0) is 26.5. The van der Waals surface area contributed by atoms with E-state index < -0.39 is 5.97 Å². The number of morpholine rings is 1. The van der Waals surface area contributed by atoms with Gasteiger partial charge in [-0.3, -0.25) is 0 Å². The number of benzene rings is 2. The Morgan fingerprint density at radius 3 is 2.79 bits per heavy atom. The average Bonchev–Trinajstić information content (AvgIpc) is 3.38. The molecule has 1 fully saturated rings. The van der Waals surface area contributed by atoms with Crippen LogP contribution in [0.1, 0.15) is 12.5 Å². The molecule has 0 bridgehead atoms. The largest absolute Gasteiger partial charge is 0.497 e. The summed E-state index contributed by atoms with van der Waals surface area (Å²) in [5, 5.41) is 18.2. The summed E-state index contributed by atoms with van der Waals surface area (Å²) in [6.45, 7) is 4.47. The Bertz CT molecular complexity index is 1390. The predicted molar refractivity (Wildman–Crippen MR) is 145 cm³/mol. The molecule has 12 heteroatoms. The highest BCUT2D eigenvalue weighted by atomic mass is 16.5. The minimum atomic E-state index is -0.997. The molecular formula is C26H28N8O4. The van der Waals surface area contributed by atoms with Gasteiger partial charge in [-0.1, -0.05) is 18.2 Å². The summed E-state index contributed by atoms with van der Waals surface area (Å²) in [5.74, 6) is 1.60. The second-order valence-electron chi connectivity index (χ2n) is 8.59. The van der Waals surface area contributed by atoms with E-state index in [1.54, 1.807) is 24.4 Å². The minimum Gasteiger partial charge on any atom is -0.497 e. The lowest BCUT2D eigenvalue weighted by Gasteiger charge is -2.29. The number of hydrazine groups is 2. The van der Waals surface area contributed by atoms with Crippen molar-refractivity contribution in [3.05, 3.63) is 60.3 Å². The molecule has 1 saturated heterocycles. The molecule has 5 rings (SSSR count). The van der Waals surface area contributed by atoms with Gasteiger partial charge in [0, 0.05) is 48.7 Å². The van der Waals surface area contributed by atoms with Crippen LogP contribution in [-0.2, 0) is 9.53 Å².